The minimum Gasteiger partial charge on any atom is -0.336 e. The van der Waals surface area contributed by atoms with Crippen molar-refractivity contribution < 1.29 is 4.79 Å². The first-order valence-electron chi connectivity index (χ1n) is 10.5. The van der Waals surface area contributed by atoms with E-state index in [9.17, 15) is 4.79 Å². The molecule has 1 saturated heterocycles. The van der Waals surface area contributed by atoms with Crippen LogP contribution < -0.4 is 0 Å². The van der Waals surface area contributed by atoms with E-state index in [1.54, 1.807) is 11.3 Å². The average Bonchev–Trinajstić information content (AvgIpc) is 3.25. The summed E-state index contributed by atoms with van der Waals surface area (Å²) >= 11 is 7.97. The molecule has 158 valence electrons. The highest BCUT2D eigenvalue weighted by Crippen LogP contribution is 2.28. The second kappa shape index (κ2) is 8.30. The van der Waals surface area contributed by atoms with Crippen molar-refractivity contribution in [2.24, 2.45) is 0 Å². The second-order valence-electron chi connectivity index (χ2n) is 8.25. The molecule has 0 aliphatic carbocycles. The molecule has 2 aliphatic heterocycles. The first-order valence-corrected chi connectivity index (χ1v) is 11.8. The first kappa shape index (κ1) is 20.0. The van der Waals surface area contributed by atoms with Crippen LogP contribution in [0.15, 0.2) is 29.8 Å². The zero-order chi connectivity index (χ0) is 20.7. The van der Waals surface area contributed by atoms with E-state index in [-0.39, 0.29) is 5.91 Å². The van der Waals surface area contributed by atoms with Crippen LogP contribution in [-0.2, 0) is 19.5 Å². The summed E-state index contributed by atoms with van der Waals surface area (Å²) in [7, 11) is 2.12. The quantitative estimate of drug-likeness (QED) is 0.622. The second-order valence-corrected chi connectivity index (χ2v) is 9.53. The van der Waals surface area contributed by atoms with E-state index in [1.165, 1.54) is 11.1 Å². The monoisotopic (exact) mass is 443 g/mol. The normalized spacial score (nSPS) is 18.5. The maximum Gasteiger partial charge on any atom is 0.274 e. The molecule has 0 unspecified atom stereocenters. The van der Waals surface area contributed by atoms with Crippen molar-refractivity contribution in [2.45, 2.75) is 25.9 Å². The smallest absolute Gasteiger partial charge is 0.274 e. The van der Waals surface area contributed by atoms with Crippen LogP contribution in [0.2, 0.25) is 5.02 Å². The highest BCUT2D eigenvalue weighted by molar-refractivity contribution is 7.15. The molecule has 1 amide bonds. The van der Waals surface area contributed by atoms with Gasteiger partial charge in [0.05, 0.1) is 5.69 Å². The van der Waals surface area contributed by atoms with E-state index in [2.05, 4.69) is 27.3 Å². The zero-order valence-corrected chi connectivity index (χ0v) is 18.8. The zero-order valence-electron chi connectivity index (χ0n) is 17.2. The average molecular weight is 444 g/mol. The first-order chi connectivity index (χ1) is 14.6. The number of amides is 1. The summed E-state index contributed by atoms with van der Waals surface area (Å²) in [6, 6.07) is 6.15. The van der Waals surface area contributed by atoms with Gasteiger partial charge in [-0.05, 0) is 43.6 Å². The number of aromatic nitrogens is 2. The van der Waals surface area contributed by atoms with Gasteiger partial charge >= 0.3 is 0 Å². The molecule has 0 N–H and O–H groups in total. The molecule has 0 radical (unpaired) electrons. The van der Waals surface area contributed by atoms with Crippen molar-refractivity contribution in [1.82, 2.24) is 24.1 Å². The lowest BCUT2D eigenvalue weighted by Crippen LogP contribution is -2.36. The predicted molar refractivity (Wildman–Crippen MR) is 120 cm³/mol. The Morgan fingerprint density at radius 3 is 3.00 bits per heavy atom. The Labute approximate surface area is 185 Å². The Hall–Kier alpha value is -1.93. The minimum atomic E-state index is 0.0663. The van der Waals surface area contributed by atoms with Gasteiger partial charge in [-0.3, -0.25) is 14.1 Å². The topological polar surface area (TPSA) is 44.1 Å². The number of carbonyl (C=O) groups excluding carboxylic acids is 1. The molecule has 0 saturated carbocycles. The number of fused-ring (bicyclic) bond motifs is 2. The van der Waals surface area contributed by atoms with Gasteiger partial charge in [0.1, 0.15) is 0 Å². The molecule has 30 heavy (non-hydrogen) atoms. The molecule has 2 aliphatic rings. The number of benzene rings is 1. The van der Waals surface area contributed by atoms with Crippen LogP contribution in [0, 0.1) is 0 Å². The van der Waals surface area contributed by atoms with Gasteiger partial charge in [0.25, 0.3) is 5.91 Å². The van der Waals surface area contributed by atoms with E-state index in [4.69, 9.17) is 16.6 Å². The Morgan fingerprint density at radius 2 is 2.10 bits per heavy atom. The third-order valence-electron chi connectivity index (χ3n) is 6.23. The highest BCUT2D eigenvalue weighted by atomic mass is 35.5. The van der Waals surface area contributed by atoms with Crippen LogP contribution in [-0.4, -0.2) is 69.8 Å². The number of hydrogen-bond donors (Lipinski definition) is 0. The largest absolute Gasteiger partial charge is 0.336 e. The summed E-state index contributed by atoms with van der Waals surface area (Å²) in [5.41, 5.74) is 4.15. The van der Waals surface area contributed by atoms with Crippen molar-refractivity contribution >= 4 is 33.8 Å². The Kier molecular flexibility index (Phi) is 5.54. The van der Waals surface area contributed by atoms with Crippen LogP contribution in [0.3, 0.4) is 0 Å². The fourth-order valence-corrected chi connectivity index (χ4v) is 5.54. The van der Waals surface area contributed by atoms with E-state index in [0.29, 0.717) is 12.2 Å². The van der Waals surface area contributed by atoms with Crippen molar-refractivity contribution in [3.05, 3.63) is 57.3 Å². The van der Waals surface area contributed by atoms with Gasteiger partial charge < -0.3 is 9.80 Å². The number of likely N-dealkylation sites (N-methyl/N-ethyl adjacent to an activating group) is 1. The molecule has 8 heteroatoms. The number of halogens is 1. The van der Waals surface area contributed by atoms with E-state index in [0.717, 1.165) is 67.8 Å². The van der Waals surface area contributed by atoms with E-state index in [1.807, 2.05) is 28.6 Å². The van der Waals surface area contributed by atoms with E-state index < -0.39 is 0 Å². The fourth-order valence-electron chi connectivity index (χ4n) is 4.52. The van der Waals surface area contributed by atoms with Crippen molar-refractivity contribution in [3.8, 4) is 0 Å². The highest BCUT2D eigenvalue weighted by Gasteiger charge is 2.28. The summed E-state index contributed by atoms with van der Waals surface area (Å²) in [5, 5.41) is 2.89. The lowest BCUT2D eigenvalue weighted by molar-refractivity contribution is 0.0754. The van der Waals surface area contributed by atoms with Gasteiger partial charge in [-0.15, -0.1) is 11.3 Å². The van der Waals surface area contributed by atoms with Crippen LogP contribution >= 0.6 is 22.9 Å². The molecule has 6 nitrogen and oxygen atoms in total. The van der Waals surface area contributed by atoms with Crippen molar-refractivity contribution in [3.63, 3.8) is 0 Å². The van der Waals surface area contributed by atoms with Gasteiger partial charge in [0, 0.05) is 55.9 Å². The summed E-state index contributed by atoms with van der Waals surface area (Å²) < 4.78 is 2.09. The van der Waals surface area contributed by atoms with Crippen LogP contribution in [0.4, 0.5) is 0 Å². The molecule has 3 aromatic rings. The standard InChI is InChI=1S/C22H26ClN5OS/c1-25-7-3-8-27(11-10-25)21(29)20-19(28-12-13-30-22(28)24-20)15-26-9-6-17-16(14-26)4-2-5-18(17)23/h2,4-5,12-13H,3,6-11,14-15H2,1H3. The molecular formula is C22H26ClN5OS. The van der Waals surface area contributed by atoms with Crippen molar-refractivity contribution in [2.75, 3.05) is 39.8 Å². The molecule has 1 aromatic carbocycles. The number of rotatable bonds is 3. The molecule has 4 heterocycles. The van der Waals surface area contributed by atoms with E-state index >= 15 is 0 Å². The molecule has 5 rings (SSSR count). The van der Waals surface area contributed by atoms with Gasteiger partial charge in [0.2, 0.25) is 0 Å². The predicted octanol–water partition coefficient (Wildman–Crippen LogP) is 3.39. The fraction of sp³-hybridized carbons (Fsp3) is 0.455. The number of carbonyl (C=O) groups is 1. The molecule has 0 spiro atoms. The van der Waals surface area contributed by atoms with Gasteiger partial charge in [-0.2, -0.15) is 0 Å². The van der Waals surface area contributed by atoms with Crippen LogP contribution in [0.5, 0.6) is 0 Å². The molecule has 1 fully saturated rings. The SMILES string of the molecule is CN1CCCN(C(=O)c2nc3sccn3c2CN2CCc3c(Cl)cccc3C2)CC1. The van der Waals surface area contributed by atoms with Crippen LogP contribution in [0.25, 0.3) is 4.96 Å². The lowest BCUT2D eigenvalue weighted by Gasteiger charge is -2.29. The third kappa shape index (κ3) is 3.75. The Bertz CT molecular complexity index is 1080. The summed E-state index contributed by atoms with van der Waals surface area (Å²) in [6.07, 6.45) is 3.97. The number of imidazole rings is 1. The van der Waals surface area contributed by atoms with Gasteiger partial charge in [0.15, 0.2) is 10.7 Å². The van der Waals surface area contributed by atoms with Crippen molar-refractivity contribution in [1.29, 1.82) is 0 Å². The van der Waals surface area contributed by atoms with Crippen LogP contribution in [0.1, 0.15) is 33.7 Å². The molecule has 0 bridgehead atoms. The van der Waals surface area contributed by atoms with Gasteiger partial charge in [-0.25, -0.2) is 4.98 Å². The maximum atomic E-state index is 13.4. The maximum absolute atomic E-state index is 13.4. The third-order valence-corrected chi connectivity index (χ3v) is 7.34. The number of nitrogens with zero attached hydrogens (tertiary/aromatic N) is 5. The summed E-state index contributed by atoms with van der Waals surface area (Å²) in [4.78, 5) is 25.7. The number of thiazole rings is 1. The minimum absolute atomic E-state index is 0.0663. The molecular weight excluding hydrogens is 418 g/mol. The summed E-state index contributed by atoms with van der Waals surface area (Å²) in [6.45, 7) is 5.97. The lowest BCUT2D eigenvalue weighted by atomic mass is 9.99. The van der Waals surface area contributed by atoms with Gasteiger partial charge in [-0.1, -0.05) is 23.7 Å². The molecule has 0 atom stereocenters. The Balaban J connectivity index is 1.42. The Morgan fingerprint density at radius 1 is 1.20 bits per heavy atom. The number of hydrogen-bond acceptors (Lipinski definition) is 5. The molecule has 2 aromatic heterocycles. The summed E-state index contributed by atoms with van der Waals surface area (Å²) in [5.74, 6) is 0.0663.